The zero-order chi connectivity index (χ0) is 14.7. The summed E-state index contributed by atoms with van der Waals surface area (Å²) in [6, 6.07) is 4.54. The summed E-state index contributed by atoms with van der Waals surface area (Å²) in [7, 11) is 0. The number of aromatic carboxylic acids is 1. The van der Waals surface area contributed by atoms with Crippen LogP contribution in [-0.4, -0.2) is 37.1 Å². The van der Waals surface area contributed by atoms with Gasteiger partial charge in [-0.2, -0.15) is 5.10 Å². The Bertz CT molecular complexity index is 680. The van der Waals surface area contributed by atoms with Crippen molar-refractivity contribution in [2.24, 2.45) is 0 Å². The van der Waals surface area contributed by atoms with Gasteiger partial charge in [-0.05, 0) is 25.1 Å². The lowest BCUT2D eigenvalue weighted by Crippen LogP contribution is -2.32. The average molecular weight is 275 g/mol. The predicted molar refractivity (Wildman–Crippen MR) is 70.4 cm³/mol. The van der Waals surface area contributed by atoms with Gasteiger partial charge in [0.2, 0.25) is 0 Å². The lowest BCUT2D eigenvalue weighted by atomic mass is 10.1. The molecule has 0 saturated carbocycles. The van der Waals surface area contributed by atoms with Crippen LogP contribution >= 0.6 is 0 Å². The van der Waals surface area contributed by atoms with E-state index in [1.807, 2.05) is 0 Å². The molecule has 0 fully saturated rings. The van der Waals surface area contributed by atoms with Gasteiger partial charge in [-0.3, -0.25) is 9.78 Å². The minimum absolute atomic E-state index is 0.0714. The molecule has 0 amide bonds. The van der Waals surface area contributed by atoms with Gasteiger partial charge in [0, 0.05) is 18.0 Å². The molecule has 20 heavy (non-hydrogen) atoms. The van der Waals surface area contributed by atoms with Crippen molar-refractivity contribution >= 4 is 5.97 Å². The molecule has 1 unspecified atom stereocenters. The SMILES string of the molecule is CC(O)Cn1nc(-c2ccncc2)cc(C(=O)O)c1=O. The van der Waals surface area contributed by atoms with Crippen LogP contribution < -0.4 is 5.56 Å². The molecule has 0 radical (unpaired) electrons. The fourth-order valence-electron chi connectivity index (χ4n) is 1.73. The molecule has 2 heterocycles. The number of rotatable bonds is 4. The second kappa shape index (κ2) is 5.62. The highest BCUT2D eigenvalue weighted by atomic mass is 16.4. The molecule has 104 valence electrons. The van der Waals surface area contributed by atoms with E-state index in [1.54, 1.807) is 24.5 Å². The van der Waals surface area contributed by atoms with Crippen LogP contribution in [0.2, 0.25) is 0 Å². The number of carbonyl (C=O) groups is 1. The van der Waals surface area contributed by atoms with E-state index < -0.39 is 17.6 Å². The summed E-state index contributed by atoms with van der Waals surface area (Å²) < 4.78 is 0.962. The fourth-order valence-corrected chi connectivity index (χ4v) is 1.73. The summed E-state index contributed by atoms with van der Waals surface area (Å²) in [4.78, 5) is 26.9. The van der Waals surface area contributed by atoms with Gasteiger partial charge in [0.1, 0.15) is 5.56 Å². The standard InChI is InChI=1S/C13H13N3O4/c1-8(17)7-16-12(18)10(13(19)20)6-11(15-16)9-2-4-14-5-3-9/h2-6,8,17H,7H2,1H3,(H,19,20). The fraction of sp³-hybridized carbons (Fsp3) is 0.231. The third-order valence-electron chi connectivity index (χ3n) is 2.62. The lowest BCUT2D eigenvalue weighted by Gasteiger charge is -2.10. The van der Waals surface area contributed by atoms with Crippen molar-refractivity contribution in [2.45, 2.75) is 19.6 Å². The van der Waals surface area contributed by atoms with Gasteiger partial charge in [0.05, 0.1) is 18.3 Å². The van der Waals surface area contributed by atoms with Crippen molar-refractivity contribution in [1.82, 2.24) is 14.8 Å². The highest BCUT2D eigenvalue weighted by Crippen LogP contribution is 2.15. The van der Waals surface area contributed by atoms with Crippen molar-refractivity contribution in [3.05, 3.63) is 46.5 Å². The van der Waals surface area contributed by atoms with Gasteiger partial charge in [0.25, 0.3) is 5.56 Å². The number of carboxylic acid groups (broad SMARTS) is 1. The second-order valence-corrected chi connectivity index (χ2v) is 4.32. The number of carboxylic acids is 1. The topological polar surface area (TPSA) is 105 Å². The van der Waals surface area contributed by atoms with Crippen LogP contribution in [0.15, 0.2) is 35.4 Å². The van der Waals surface area contributed by atoms with E-state index in [2.05, 4.69) is 10.1 Å². The van der Waals surface area contributed by atoms with Crippen LogP contribution in [0.5, 0.6) is 0 Å². The number of pyridine rings is 1. The van der Waals surface area contributed by atoms with E-state index in [1.165, 1.54) is 13.0 Å². The third kappa shape index (κ3) is 2.89. The summed E-state index contributed by atoms with van der Waals surface area (Å²) in [5.74, 6) is -1.33. The molecular weight excluding hydrogens is 262 g/mol. The van der Waals surface area contributed by atoms with Gasteiger partial charge in [-0.1, -0.05) is 0 Å². The Morgan fingerprint density at radius 3 is 2.60 bits per heavy atom. The third-order valence-corrected chi connectivity index (χ3v) is 2.62. The van der Waals surface area contributed by atoms with Crippen molar-refractivity contribution < 1.29 is 15.0 Å². The molecule has 0 aliphatic carbocycles. The van der Waals surface area contributed by atoms with Crippen LogP contribution in [0, 0.1) is 0 Å². The van der Waals surface area contributed by atoms with Crippen molar-refractivity contribution in [3.63, 3.8) is 0 Å². The maximum absolute atomic E-state index is 11.9. The first-order chi connectivity index (χ1) is 9.49. The van der Waals surface area contributed by atoms with Gasteiger partial charge in [-0.15, -0.1) is 0 Å². The van der Waals surface area contributed by atoms with Gasteiger partial charge >= 0.3 is 5.97 Å². The zero-order valence-corrected chi connectivity index (χ0v) is 10.7. The van der Waals surface area contributed by atoms with E-state index in [0.29, 0.717) is 11.3 Å². The molecule has 0 bridgehead atoms. The summed E-state index contributed by atoms with van der Waals surface area (Å²) in [5, 5.41) is 22.5. The van der Waals surface area contributed by atoms with Gasteiger partial charge in [0.15, 0.2) is 0 Å². The normalized spacial score (nSPS) is 12.1. The Balaban J connectivity index is 2.62. The molecule has 2 aromatic heterocycles. The van der Waals surface area contributed by atoms with Crippen molar-refractivity contribution in [2.75, 3.05) is 0 Å². The van der Waals surface area contributed by atoms with Crippen LogP contribution in [0.25, 0.3) is 11.3 Å². The van der Waals surface area contributed by atoms with Crippen LogP contribution in [0.4, 0.5) is 0 Å². The number of nitrogens with zero attached hydrogens (tertiary/aromatic N) is 3. The average Bonchev–Trinajstić information content (AvgIpc) is 2.41. The minimum atomic E-state index is -1.33. The highest BCUT2D eigenvalue weighted by molar-refractivity contribution is 5.88. The molecule has 0 spiro atoms. The van der Waals surface area contributed by atoms with E-state index >= 15 is 0 Å². The quantitative estimate of drug-likeness (QED) is 0.836. The molecule has 2 N–H and O–H groups in total. The Morgan fingerprint density at radius 1 is 1.40 bits per heavy atom. The van der Waals surface area contributed by atoms with Gasteiger partial charge < -0.3 is 10.2 Å². The Labute approximate surface area is 114 Å². The van der Waals surface area contributed by atoms with Crippen LogP contribution in [0.3, 0.4) is 0 Å². The maximum atomic E-state index is 11.9. The molecule has 0 aromatic carbocycles. The minimum Gasteiger partial charge on any atom is -0.477 e. The Hall–Kier alpha value is -2.54. The number of hydrogen-bond donors (Lipinski definition) is 2. The predicted octanol–water partition coefficient (Wildman–Crippen LogP) is 0.384. The second-order valence-electron chi connectivity index (χ2n) is 4.32. The summed E-state index contributed by atoms with van der Waals surface area (Å²) in [6.07, 6.45) is 2.28. The molecule has 0 saturated heterocycles. The summed E-state index contributed by atoms with van der Waals surface area (Å²) in [5.41, 5.74) is -0.143. The van der Waals surface area contributed by atoms with E-state index in [4.69, 9.17) is 5.11 Å². The van der Waals surface area contributed by atoms with Crippen molar-refractivity contribution in [1.29, 1.82) is 0 Å². The summed E-state index contributed by atoms with van der Waals surface area (Å²) in [6.45, 7) is 1.42. The molecule has 7 heteroatoms. The molecule has 2 aromatic rings. The highest BCUT2D eigenvalue weighted by Gasteiger charge is 2.16. The van der Waals surface area contributed by atoms with E-state index in [-0.39, 0.29) is 12.1 Å². The number of hydrogen-bond acceptors (Lipinski definition) is 5. The molecule has 7 nitrogen and oxygen atoms in total. The molecule has 0 aliphatic rings. The molecule has 0 aliphatic heterocycles. The zero-order valence-electron chi connectivity index (χ0n) is 10.7. The first-order valence-corrected chi connectivity index (χ1v) is 5.93. The summed E-state index contributed by atoms with van der Waals surface area (Å²) >= 11 is 0. The monoisotopic (exact) mass is 275 g/mol. The van der Waals surface area contributed by atoms with E-state index in [0.717, 1.165) is 4.68 Å². The first-order valence-electron chi connectivity index (χ1n) is 5.93. The molecule has 2 rings (SSSR count). The molecule has 1 atom stereocenters. The van der Waals surface area contributed by atoms with Gasteiger partial charge in [-0.25, -0.2) is 9.48 Å². The molecular formula is C13H13N3O4. The van der Waals surface area contributed by atoms with E-state index in [9.17, 15) is 14.7 Å². The number of aliphatic hydroxyl groups is 1. The van der Waals surface area contributed by atoms with Crippen LogP contribution in [-0.2, 0) is 6.54 Å². The lowest BCUT2D eigenvalue weighted by molar-refractivity contribution is 0.0692. The number of aliphatic hydroxyl groups excluding tert-OH is 1. The Morgan fingerprint density at radius 2 is 2.05 bits per heavy atom. The number of aromatic nitrogens is 3. The smallest absolute Gasteiger partial charge is 0.341 e. The Kier molecular flexibility index (Phi) is 3.90. The van der Waals surface area contributed by atoms with Crippen LogP contribution in [0.1, 0.15) is 17.3 Å². The van der Waals surface area contributed by atoms with Crippen molar-refractivity contribution in [3.8, 4) is 11.3 Å². The maximum Gasteiger partial charge on any atom is 0.341 e. The first kappa shape index (κ1) is 13.9. The largest absolute Gasteiger partial charge is 0.477 e.